The molecule has 3 aromatic carbocycles. The van der Waals surface area contributed by atoms with E-state index in [1.807, 2.05) is 0 Å². The second-order valence-electron chi connectivity index (χ2n) is 10.2. The maximum Gasteiger partial charge on any atom is 0.0472 e. The molecule has 142 valence electrons. The molecule has 0 aliphatic heterocycles. The van der Waals surface area contributed by atoms with E-state index in [0.29, 0.717) is 0 Å². The van der Waals surface area contributed by atoms with Crippen molar-refractivity contribution in [1.82, 2.24) is 9.97 Å². The average molecular weight is 369 g/mol. The number of benzene rings is 3. The lowest BCUT2D eigenvalue weighted by atomic mass is 9.85. The van der Waals surface area contributed by atoms with Crippen LogP contribution in [0, 0.1) is 0 Å². The Morgan fingerprint density at radius 3 is 1.21 bits per heavy atom. The van der Waals surface area contributed by atoms with Crippen LogP contribution in [0.25, 0.3) is 43.6 Å². The topological polar surface area (TPSA) is 31.6 Å². The number of rotatable bonds is 0. The van der Waals surface area contributed by atoms with Gasteiger partial charge in [-0.15, -0.1) is 0 Å². The first-order valence-electron chi connectivity index (χ1n) is 10.1. The smallest absolute Gasteiger partial charge is 0.0472 e. The summed E-state index contributed by atoms with van der Waals surface area (Å²) in [6.45, 7) is 13.7. The molecule has 0 radical (unpaired) electrons. The van der Waals surface area contributed by atoms with Crippen LogP contribution in [-0.2, 0) is 10.8 Å². The number of hydrogen-bond acceptors (Lipinski definition) is 0. The highest BCUT2D eigenvalue weighted by Gasteiger charge is 2.19. The lowest BCUT2D eigenvalue weighted by Gasteiger charge is -2.19. The predicted octanol–water partition coefficient (Wildman–Crippen LogP) is 7.55. The second kappa shape index (κ2) is 5.41. The van der Waals surface area contributed by atoms with Gasteiger partial charge in [0.2, 0.25) is 0 Å². The van der Waals surface area contributed by atoms with E-state index in [2.05, 4.69) is 100 Å². The molecule has 0 atom stereocenters. The highest BCUT2D eigenvalue weighted by atomic mass is 14.7. The van der Waals surface area contributed by atoms with Crippen LogP contribution >= 0.6 is 0 Å². The Hall–Kier alpha value is -2.74. The largest absolute Gasteiger partial charge is 0.354 e. The zero-order valence-electron chi connectivity index (χ0n) is 17.6. The van der Waals surface area contributed by atoms with Gasteiger partial charge in [0, 0.05) is 43.6 Å². The van der Waals surface area contributed by atoms with Gasteiger partial charge in [0.15, 0.2) is 0 Å². The summed E-state index contributed by atoms with van der Waals surface area (Å²) in [6, 6.07) is 18.1. The Bertz CT molecular complexity index is 1260. The van der Waals surface area contributed by atoms with Crippen molar-refractivity contribution in [2.24, 2.45) is 0 Å². The van der Waals surface area contributed by atoms with E-state index in [9.17, 15) is 0 Å². The van der Waals surface area contributed by atoms with Crippen molar-refractivity contribution in [3.8, 4) is 0 Å². The van der Waals surface area contributed by atoms with Gasteiger partial charge in [0.1, 0.15) is 0 Å². The van der Waals surface area contributed by atoms with E-state index in [0.717, 1.165) is 0 Å². The first kappa shape index (κ1) is 17.4. The molecule has 0 fully saturated rings. The number of fused-ring (bicyclic) bond motifs is 7. The molecule has 2 heteroatoms. The Labute approximate surface area is 165 Å². The van der Waals surface area contributed by atoms with Gasteiger partial charge in [-0.3, -0.25) is 0 Å². The molecule has 0 unspecified atom stereocenters. The lowest BCUT2D eigenvalue weighted by Crippen LogP contribution is -2.10. The van der Waals surface area contributed by atoms with Crippen molar-refractivity contribution in [3.05, 3.63) is 59.7 Å². The fourth-order valence-corrected chi connectivity index (χ4v) is 4.31. The van der Waals surface area contributed by atoms with Gasteiger partial charge in [-0.25, -0.2) is 0 Å². The Morgan fingerprint density at radius 2 is 0.857 bits per heavy atom. The minimum Gasteiger partial charge on any atom is -0.354 e. The zero-order chi connectivity index (χ0) is 19.8. The molecule has 2 N–H and O–H groups in total. The summed E-state index contributed by atoms with van der Waals surface area (Å²) in [5.41, 5.74) is 7.82. The number of aromatic amines is 2. The van der Waals surface area contributed by atoms with Gasteiger partial charge in [-0.05, 0) is 58.4 Å². The van der Waals surface area contributed by atoms with E-state index in [-0.39, 0.29) is 10.8 Å². The van der Waals surface area contributed by atoms with Gasteiger partial charge >= 0.3 is 0 Å². The molecule has 0 saturated heterocycles. The predicted molar refractivity (Wildman–Crippen MR) is 123 cm³/mol. The Kier molecular flexibility index (Phi) is 3.35. The minimum absolute atomic E-state index is 0.130. The first-order valence-corrected chi connectivity index (χ1v) is 10.1. The Balaban J connectivity index is 1.96. The number of aromatic nitrogens is 2. The van der Waals surface area contributed by atoms with Crippen molar-refractivity contribution >= 4 is 43.6 Å². The van der Waals surface area contributed by atoms with Crippen LogP contribution in [0.15, 0.2) is 48.5 Å². The maximum absolute atomic E-state index is 3.63. The van der Waals surface area contributed by atoms with Crippen LogP contribution in [0.4, 0.5) is 0 Å². The van der Waals surface area contributed by atoms with Gasteiger partial charge in [-0.2, -0.15) is 0 Å². The molecule has 0 aliphatic rings. The van der Waals surface area contributed by atoms with Crippen molar-refractivity contribution in [1.29, 1.82) is 0 Å². The summed E-state index contributed by atoms with van der Waals surface area (Å²) in [5.74, 6) is 0. The second-order valence-corrected chi connectivity index (χ2v) is 10.2. The Morgan fingerprint density at radius 1 is 0.500 bits per heavy atom. The summed E-state index contributed by atoms with van der Waals surface area (Å²) in [6.07, 6.45) is 0. The molecule has 5 aromatic rings. The van der Waals surface area contributed by atoms with Crippen LogP contribution in [0.3, 0.4) is 0 Å². The molecule has 28 heavy (non-hydrogen) atoms. The molecule has 0 amide bonds. The van der Waals surface area contributed by atoms with Crippen molar-refractivity contribution in [2.75, 3.05) is 0 Å². The lowest BCUT2D eigenvalue weighted by molar-refractivity contribution is 0.591. The van der Waals surface area contributed by atoms with Gasteiger partial charge in [0.05, 0.1) is 0 Å². The third kappa shape index (κ3) is 2.47. The monoisotopic (exact) mass is 368 g/mol. The standard InChI is InChI=1S/C26H28N2/c1-25(2,3)15-7-9-19-17(13-15)23-21(27-19)11-12-22-24(23)18-14-16(26(4,5)6)8-10-20(18)28-22/h7-14,27-28H,1-6H3. The number of hydrogen-bond donors (Lipinski definition) is 2. The summed E-state index contributed by atoms with van der Waals surface area (Å²) < 4.78 is 0. The molecular weight excluding hydrogens is 340 g/mol. The SMILES string of the molecule is CC(C)(C)c1ccc2[nH]c3ccc4[nH]c5ccc(C(C)(C)C)cc5c4c3c2c1. The van der Waals surface area contributed by atoms with Crippen LogP contribution in [0.2, 0.25) is 0 Å². The first-order chi connectivity index (χ1) is 13.1. The fourth-order valence-electron chi connectivity index (χ4n) is 4.31. The highest BCUT2D eigenvalue weighted by Crippen LogP contribution is 2.39. The van der Waals surface area contributed by atoms with Crippen LogP contribution in [-0.4, -0.2) is 9.97 Å². The van der Waals surface area contributed by atoms with E-state index >= 15 is 0 Å². The molecule has 2 heterocycles. The molecule has 2 aromatic heterocycles. The minimum atomic E-state index is 0.130. The van der Waals surface area contributed by atoms with Crippen LogP contribution in [0.1, 0.15) is 52.7 Å². The van der Waals surface area contributed by atoms with Crippen molar-refractivity contribution < 1.29 is 0 Å². The quantitative estimate of drug-likeness (QED) is 0.283. The van der Waals surface area contributed by atoms with Crippen molar-refractivity contribution in [2.45, 2.75) is 52.4 Å². The van der Waals surface area contributed by atoms with E-state index in [1.54, 1.807) is 0 Å². The average Bonchev–Trinajstić information content (AvgIpc) is 3.16. The molecule has 0 bridgehead atoms. The summed E-state index contributed by atoms with van der Waals surface area (Å²) in [7, 11) is 0. The van der Waals surface area contributed by atoms with E-state index in [1.165, 1.54) is 54.7 Å². The van der Waals surface area contributed by atoms with E-state index < -0.39 is 0 Å². The zero-order valence-corrected chi connectivity index (χ0v) is 17.6. The molecule has 0 spiro atoms. The molecule has 0 aliphatic carbocycles. The van der Waals surface area contributed by atoms with Crippen LogP contribution < -0.4 is 0 Å². The number of nitrogens with one attached hydrogen (secondary N) is 2. The maximum atomic E-state index is 3.63. The van der Waals surface area contributed by atoms with E-state index in [4.69, 9.17) is 0 Å². The molecular formula is C26H28N2. The normalized spacial score (nSPS) is 13.4. The summed E-state index contributed by atoms with van der Waals surface area (Å²) in [4.78, 5) is 7.27. The third-order valence-corrected chi connectivity index (χ3v) is 6.05. The molecule has 2 nitrogen and oxygen atoms in total. The summed E-state index contributed by atoms with van der Waals surface area (Å²) in [5, 5.41) is 5.29. The highest BCUT2D eigenvalue weighted by molar-refractivity contribution is 6.27. The van der Waals surface area contributed by atoms with Gasteiger partial charge in [-0.1, -0.05) is 53.7 Å². The number of H-pyrrole nitrogens is 2. The van der Waals surface area contributed by atoms with Crippen molar-refractivity contribution in [3.63, 3.8) is 0 Å². The summed E-state index contributed by atoms with van der Waals surface area (Å²) >= 11 is 0. The molecule has 5 rings (SSSR count). The van der Waals surface area contributed by atoms with Gasteiger partial charge in [0.25, 0.3) is 0 Å². The third-order valence-electron chi connectivity index (χ3n) is 6.05. The van der Waals surface area contributed by atoms with Gasteiger partial charge < -0.3 is 9.97 Å². The van der Waals surface area contributed by atoms with Crippen LogP contribution in [0.5, 0.6) is 0 Å². The molecule has 0 saturated carbocycles. The fraction of sp³-hybridized carbons (Fsp3) is 0.308.